The number of methoxy groups -OCH3 is 2. The fourth-order valence-electron chi connectivity index (χ4n) is 6.32. The van der Waals surface area contributed by atoms with Crippen molar-refractivity contribution in [1.82, 2.24) is 14.1 Å². The smallest absolute Gasteiger partial charge is 0.332 e. The van der Waals surface area contributed by atoms with Gasteiger partial charge in [0.2, 0.25) is 5.89 Å². The van der Waals surface area contributed by atoms with Crippen molar-refractivity contribution in [3.63, 3.8) is 0 Å². The molecule has 4 aromatic rings. The standard InChI is InChI=1S/C31H35N3O8S/c1-18-24-27(35)34(19-15-31(2,16-19)29(36)39-4)30(37)33(28(24)43-25(18)26-32-11-14-41-26)17-23(42-20-9-12-40-13-10-20)21-7-5-6-8-22(21)38-3/h5-8,11,14,19-20,23H,9-10,12-13,15-17H2,1-4H3/t19-,23-,31+/m0/s1. The summed E-state index contributed by atoms with van der Waals surface area (Å²) in [6.07, 6.45) is 4.51. The number of esters is 1. The second-order valence-corrected chi connectivity index (χ2v) is 12.4. The van der Waals surface area contributed by atoms with E-state index in [4.69, 9.17) is 23.4 Å². The van der Waals surface area contributed by atoms with E-state index in [1.165, 1.54) is 29.3 Å². The molecule has 6 rings (SSSR count). The number of rotatable bonds is 9. The molecule has 0 spiro atoms. The van der Waals surface area contributed by atoms with E-state index in [-0.39, 0.29) is 24.2 Å². The molecule has 1 aliphatic carbocycles. The highest BCUT2D eigenvalue weighted by Gasteiger charge is 2.49. The van der Waals surface area contributed by atoms with Crippen LogP contribution in [0.15, 0.2) is 50.7 Å². The Balaban J connectivity index is 1.51. The third-order valence-corrected chi connectivity index (χ3v) is 9.95. The van der Waals surface area contributed by atoms with Crippen molar-refractivity contribution in [3.05, 3.63) is 68.7 Å². The van der Waals surface area contributed by atoms with E-state index < -0.39 is 23.3 Å². The maximum Gasteiger partial charge on any atom is 0.332 e. The highest BCUT2D eigenvalue weighted by molar-refractivity contribution is 7.22. The van der Waals surface area contributed by atoms with Gasteiger partial charge in [0.25, 0.3) is 5.56 Å². The third-order valence-electron chi connectivity index (χ3n) is 8.64. The van der Waals surface area contributed by atoms with Crippen LogP contribution in [0.2, 0.25) is 0 Å². The summed E-state index contributed by atoms with van der Waals surface area (Å²) in [7, 11) is 2.95. The average Bonchev–Trinajstić information content (AvgIpc) is 3.66. The van der Waals surface area contributed by atoms with Crippen LogP contribution in [-0.4, -0.2) is 53.6 Å². The second-order valence-electron chi connectivity index (χ2n) is 11.4. The van der Waals surface area contributed by atoms with Gasteiger partial charge in [0.05, 0.1) is 48.7 Å². The Morgan fingerprint density at radius 1 is 1.19 bits per heavy atom. The number of oxazole rings is 1. The summed E-state index contributed by atoms with van der Waals surface area (Å²) in [5.74, 6) is 0.676. The van der Waals surface area contributed by atoms with Gasteiger partial charge in [-0.25, -0.2) is 9.78 Å². The van der Waals surface area contributed by atoms with Gasteiger partial charge < -0.3 is 23.4 Å². The summed E-state index contributed by atoms with van der Waals surface area (Å²) in [6.45, 7) is 4.98. The zero-order valence-corrected chi connectivity index (χ0v) is 25.5. The number of thiophene rings is 1. The van der Waals surface area contributed by atoms with E-state index in [1.54, 1.807) is 24.8 Å². The molecule has 1 aliphatic heterocycles. The molecule has 1 saturated heterocycles. The first-order valence-electron chi connectivity index (χ1n) is 14.4. The van der Waals surface area contributed by atoms with E-state index in [1.807, 2.05) is 31.2 Å². The van der Waals surface area contributed by atoms with Crippen LogP contribution in [0.4, 0.5) is 0 Å². The monoisotopic (exact) mass is 609 g/mol. The van der Waals surface area contributed by atoms with Crippen LogP contribution in [0, 0.1) is 12.3 Å². The number of aryl methyl sites for hydroxylation is 1. The normalized spacial score (nSPS) is 21.4. The predicted molar refractivity (Wildman–Crippen MR) is 160 cm³/mol. The van der Waals surface area contributed by atoms with Gasteiger partial charge in [-0.05, 0) is 51.2 Å². The van der Waals surface area contributed by atoms with Gasteiger partial charge in [-0.1, -0.05) is 18.2 Å². The summed E-state index contributed by atoms with van der Waals surface area (Å²) < 4.78 is 31.5. The minimum Gasteiger partial charge on any atom is -0.496 e. The van der Waals surface area contributed by atoms with Crippen LogP contribution in [0.3, 0.4) is 0 Å². The number of hydrogen-bond donors (Lipinski definition) is 0. The molecule has 0 bridgehead atoms. The molecule has 4 heterocycles. The summed E-state index contributed by atoms with van der Waals surface area (Å²) in [5.41, 5.74) is -0.116. The molecular weight excluding hydrogens is 574 g/mol. The van der Waals surface area contributed by atoms with Gasteiger partial charge in [0, 0.05) is 24.8 Å². The number of nitrogens with zero attached hydrogens (tertiary/aromatic N) is 3. The first kappa shape index (κ1) is 29.3. The van der Waals surface area contributed by atoms with Crippen molar-refractivity contribution in [2.24, 2.45) is 5.41 Å². The zero-order chi connectivity index (χ0) is 30.3. The highest BCUT2D eigenvalue weighted by Crippen LogP contribution is 2.48. The Bertz CT molecular complexity index is 1740. The lowest BCUT2D eigenvalue weighted by molar-refractivity contribution is -0.159. The van der Waals surface area contributed by atoms with Crippen molar-refractivity contribution in [2.75, 3.05) is 27.4 Å². The molecule has 1 aromatic carbocycles. The van der Waals surface area contributed by atoms with E-state index >= 15 is 0 Å². The van der Waals surface area contributed by atoms with Crippen LogP contribution in [-0.2, 0) is 25.5 Å². The van der Waals surface area contributed by atoms with E-state index in [0.717, 1.165) is 18.4 Å². The minimum absolute atomic E-state index is 0.0684. The molecule has 1 atom stereocenters. The zero-order valence-electron chi connectivity index (χ0n) is 24.7. The van der Waals surface area contributed by atoms with E-state index in [9.17, 15) is 14.4 Å². The Morgan fingerprint density at radius 3 is 2.60 bits per heavy atom. The molecule has 228 valence electrons. The molecule has 2 aliphatic rings. The van der Waals surface area contributed by atoms with Crippen LogP contribution in [0.25, 0.3) is 21.0 Å². The van der Waals surface area contributed by atoms with Crippen molar-refractivity contribution < 1.29 is 28.2 Å². The SMILES string of the molecule is COc1ccccc1[C@H](Cn1c(=O)n([C@H]2C[C@@](C)(C(=O)OC)C2)c(=O)c2c(C)c(-c3ncco3)sc21)OC1CCOCC1. The molecule has 12 heteroatoms. The maximum atomic E-state index is 14.4. The molecule has 2 fully saturated rings. The molecule has 0 unspecified atom stereocenters. The molecule has 11 nitrogen and oxygen atoms in total. The fourth-order valence-corrected chi connectivity index (χ4v) is 7.56. The number of hydrogen-bond acceptors (Lipinski definition) is 10. The topological polar surface area (TPSA) is 124 Å². The van der Waals surface area contributed by atoms with Crippen molar-refractivity contribution in [3.8, 4) is 16.5 Å². The predicted octanol–water partition coefficient (Wildman–Crippen LogP) is 4.65. The number of benzene rings is 1. The number of para-hydroxylation sites is 1. The van der Waals surface area contributed by atoms with Gasteiger partial charge >= 0.3 is 11.7 Å². The van der Waals surface area contributed by atoms with Crippen LogP contribution in [0.1, 0.15) is 55.9 Å². The van der Waals surface area contributed by atoms with Crippen LogP contribution < -0.4 is 16.0 Å². The number of carbonyl (C=O) groups is 1. The number of ether oxygens (including phenoxy) is 4. The quantitative estimate of drug-likeness (QED) is 0.250. The minimum atomic E-state index is -0.760. The average molecular weight is 610 g/mol. The molecule has 0 radical (unpaired) electrons. The second kappa shape index (κ2) is 11.7. The number of carbonyl (C=O) groups excluding carboxylic acids is 1. The van der Waals surface area contributed by atoms with E-state index in [0.29, 0.717) is 58.4 Å². The molecule has 0 amide bonds. The maximum absolute atomic E-state index is 14.4. The molecule has 1 saturated carbocycles. The van der Waals surface area contributed by atoms with Gasteiger partial charge in [-0.2, -0.15) is 0 Å². The highest BCUT2D eigenvalue weighted by atomic mass is 32.1. The summed E-state index contributed by atoms with van der Waals surface area (Å²) >= 11 is 1.30. The van der Waals surface area contributed by atoms with Crippen molar-refractivity contribution >= 4 is 27.5 Å². The summed E-state index contributed by atoms with van der Waals surface area (Å²) in [5, 5.41) is 0.425. The van der Waals surface area contributed by atoms with E-state index in [2.05, 4.69) is 4.98 Å². The van der Waals surface area contributed by atoms with Crippen molar-refractivity contribution in [2.45, 2.75) is 64.3 Å². The van der Waals surface area contributed by atoms with Gasteiger partial charge in [0.1, 0.15) is 22.9 Å². The Labute approximate surface area is 252 Å². The third kappa shape index (κ3) is 5.21. The number of fused-ring (bicyclic) bond motifs is 1. The Kier molecular flexibility index (Phi) is 8.01. The molecule has 43 heavy (non-hydrogen) atoms. The van der Waals surface area contributed by atoms with Gasteiger partial charge in [-0.15, -0.1) is 11.3 Å². The van der Waals surface area contributed by atoms with Crippen LogP contribution in [0.5, 0.6) is 5.75 Å². The largest absolute Gasteiger partial charge is 0.496 e. The molecular formula is C31H35N3O8S. The molecule has 0 N–H and O–H groups in total. The lowest BCUT2D eigenvalue weighted by Gasteiger charge is -2.43. The van der Waals surface area contributed by atoms with Crippen molar-refractivity contribution in [1.29, 1.82) is 0 Å². The van der Waals surface area contributed by atoms with Gasteiger partial charge in [0.15, 0.2) is 0 Å². The molecule has 3 aromatic heterocycles. The lowest BCUT2D eigenvalue weighted by atomic mass is 9.66. The number of aromatic nitrogens is 3. The fraction of sp³-hybridized carbons (Fsp3) is 0.484. The summed E-state index contributed by atoms with van der Waals surface area (Å²) in [4.78, 5) is 46.4. The lowest BCUT2D eigenvalue weighted by Crippen LogP contribution is -2.51. The first-order valence-corrected chi connectivity index (χ1v) is 15.2. The Hall–Kier alpha value is -3.74. The Morgan fingerprint density at radius 2 is 1.93 bits per heavy atom. The van der Waals surface area contributed by atoms with Crippen LogP contribution >= 0.6 is 11.3 Å². The summed E-state index contributed by atoms with van der Waals surface area (Å²) in [6, 6.07) is 7.15. The van der Waals surface area contributed by atoms with Gasteiger partial charge in [-0.3, -0.25) is 18.7 Å². The first-order chi connectivity index (χ1) is 20.8.